The zero-order chi connectivity index (χ0) is 11.3. The van der Waals surface area contributed by atoms with Gasteiger partial charge in [-0.1, -0.05) is 18.2 Å². The van der Waals surface area contributed by atoms with Crippen molar-refractivity contribution in [3.8, 4) is 0 Å². The first kappa shape index (κ1) is 12.0. The number of hydrogen-bond donors (Lipinski definition) is 2. The van der Waals surface area contributed by atoms with E-state index in [1.165, 1.54) is 0 Å². The van der Waals surface area contributed by atoms with E-state index in [0.717, 1.165) is 11.3 Å². The molecule has 0 amide bonds. The molecule has 0 atom stereocenters. The molecule has 15 heavy (non-hydrogen) atoms. The number of para-hydroxylation sites is 1. The number of benzene rings is 1. The fourth-order valence-electron chi connectivity index (χ4n) is 1.73. The van der Waals surface area contributed by atoms with Gasteiger partial charge in [-0.3, -0.25) is 0 Å². The van der Waals surface area contributed by atoms with Gasteiger partial charge in [-0.15, -0.1) is 0 Å². The first-order chi connectivity index (χ1) is 7.20. The van der Waals surface area contributed by atoms with Crippen molar-refractivity contribution < 1.29 is 5.11 Å². The van der Waals surface area contributed by atoms with Crippen LogP contribution in [0.1, 0.15) is 19.4 Å². The predicted octanol–water partition coefficient (Wildman–Crippen LogP) is 1.35. The van der Waals surface area contributed by atoms with Gasteiger partial charge in [0.25, 0.3) is 0 Å². The lowest BCUT2D eigenvalue weighted by Gasteiger charge is -2.30. The highest BCUT2D eigenvalue weighted by Crippen LogP contribution is 2.21. The van der Waals surface area contributed by atoms with E-state index >= 15 is 0 Å². The molecule has 0 aliphatic heterocycles. The zero-order valence-electron chi connectivity index (χ0n) is 9.48. The van der Waals surface area contributed by atoms with Crippen LogP contribution in [0.15, 0.2) is 24.3 Å². The fraction of sp³-hybridized carbons (Fsp3) is 0.500. The molecule has 3 heteroatoms. The number of aliphatic hydroxyl groups excluding tert-OH is 1. The second-order valence-electron chi connectivity index (χ2n) is 3.84. The van der Waals surface area contributed by atoms with Gasteiger partial charge in [-0.05, 0) is 25.5 Å². The topological polar surface area (TPSA) is 49.5 Å². The Balaban J connectivity index is 2.98. The molecule has 0 saturated heterocycles. The molecule has 1 aromatic carbocycles. The summed E-state index contributed by atoms with van der Waals surface area (Å²) in [6.07, 6.45) is 0. The lowest BCUT2D eigenvalue weighted by atomic mass is 10.1. The van der Waals surface area contributed by atoms with Crippen LogP contribution in [0, 0.1) is 0 Å². The number of nitrogens with two attached hydrogens (primary N) is 1. The summed E-state index contributed by atoms with van der Waals surface area (Å²) in [6.45, 7) is 5.57. The van der Waals surface area contributed by atoms with E-state index in [9.17, 15) is 0 Å². The minimum atomic E-state index is 0.164. The predicted molar refractivity (Wildman–Crippen MR) is 63.9 cm³/mol. The van der Waals surface area contributed by atoms with Crippen molar-refractivity contribution in [3.05, 3.63) is 29.8 Å². The normalized spacial score (nSPS) is 10.7. The molecule has 0 spiro atoms. The summed E-state index contributed by atoms with van der Waals surface area (Å²) in [5.41, 5.74) is 7.95. The smallest absolute Gasteiger partial charge is 0.0606 e. The number of hydrogen-bond acceptors (Lipinski definition) is 3. The highest BCUT2D eigenvalue weighted by atomic mass is 16.3. The zero-order valence-corrected chi connectivity index (χ0v) is 9.48. The van der Waals surface area contributed by atoms with Gasteiger partial charge in [0.15, 0.2) is 0 Å². The minimum absolute atomic E-state index is 0.164. The summed E-state index contributed by atoms with van der Waals surface area (Å²) < 4.78 is 0. The minimum Gasteiger partial charge on any atom is -0.395 e. The van der Waals surface area contributed by atoms with Crippen LogP contribution in [-0.4, -0.2) is 24.3 Å². The van der Waals surface area contributed by atoms with Crippen molar-refractivity contribution in [1.29, 1.82) is 0 Å². The molecule has 0 fully saturated rings. The number of anilines is 1. The van der Waals surface area contributed by atoms with E-state index in [2.05, 4.69) is 24.8 Å². The van der Waals surface area contributed by atoms with E-state index in [1.54, 1.807) is 0 Å². The SMILES string of the molecule is CC(C)N(CCO)c1ccccc1CN. The molecule has 84 valence electrons. The molecule has 1 rings (SSSR count). The molecule has 0 radical (unpaired) electrons. The average molecular weight is 208 g/mol. The van der Waals surface area contributed by atoms with Crippen LogP contribution in [0.3, 0.4) is 0 Å². The second kappa shape index (κ2) is 5.73. The van der Waals surface area contributed by atoms with Gasteiger partial charge in [0.2, 0.25) is 0 Å². The molecule has 0 heterocycles. The summed E-state index contributed by atoms with van der Waals surface area (Å²) in [7, 11) is 0. The summed E-state index contributed by atoms with van der Waals surface area (Å²) >= 11 is 0. The van der Waals surface area contributed by atoms with E-state index in [4.69, 9.17) is 10.8 Å². The van der Waals surface area contributed by atoms with Gasteiger partial charge in [0.1, 0.15) is 0 Å². The molecule has 0 unspecified atom stereocenters. The summed E-state index contributed by atoms with van der Waals surface area (Å²) in [5.74, 6) is 0. The molecule has 0 aromatic heterocycles. The molecule has 0 aliphatic rings. The molecule has 0 bridgehead atoms. The molecular weight excluding hydrogens is 188 g/mol. The Morgan fingerprint density at radius 1 is 1.33 bits per heavy atom. The molecule has 0 aliphatic carbocycles. The Labute approximate surface area is 91.5 Å². The Kier molecular flexibility index (Phi) is 4.59. The van der Waals surface area contributed by atoms with Gasteiger partial charge >= 0.3 is 0 Å². The molecule has 1 aromatic rings. The Bertz CT molecular complexity index is 299. The largest absolute Gasteiger partial charge is 0.395 e. The third-order valence-corrected chi connectivity index (χ3v) is 2.49. The van der Waals surface area contributed by atoms with Gasteiger partial charge in [-0.25, -0.2) is 0 Å². The molecular formula is C12H20N2O. The number of rotatable bonds is 5. The van der Waals surface area contributed by atoms with Crippen LogP contribution in [0.4, 0.5) is 5.69 Å². The third kappa shape index (κ3) is 2.94. The molecule has 0 saturated carbocycles. The fourth-order valence-corrected chi connectivity index (χ4v) is 1.73. The Hall–Kier alpha value is -1.06. The van der Waals surface area contributed by atoms with Crippen molar-refractivity contribution in [2.75, 3.05) is 18.1 Å². The van der Waals surface area contributed by atoms with Crippen molar-refractivity contribution in [3.63, 3.8) is 0 Å². The lowest BCUT2D eigenvalue weighted by Crippen LogP contribution is -2.34. The monoisotopic (exact) mass is 208 g/mol. The average Bonchev–Trinajstić information content (AvgIpc) is 2.25. The Morgan fingerprint density at radius 2 is 2.00 bits per heavy atom. The summed E-state index contributed by atoms with van der Waals surface area (Å²) in [6, 6.07) is 8.44. The van der Waals surface area contributed by atoms with Crippen LogP contribution in [0.25, 0.3) is 0 Å². The standard InChI is InChI=1S/C12H20N2O/c1-10(2)14(7-8-15)12-6-4-3-5-11(12)9-13/h3-6,10,15H,7-9,13H2,1-2H3. The van der Waals surface area contributed by atoms with Crippen LogP contribution in [0.2, 0.25) is 0 Å². The number of aliphatic hydroxyl groups is 1. The molecule has 3 nitrogen and oxygen atoms in total. The lowest BCUT2D eigenvalue weighted by molar-refractivity contribution is 0.299. The van der Waals surface area contributed by atoms with Gasteiger partial charge in [-0.2, -0.15) is 0 Å². The van der Waals surface area contributed by atoms with Crippen LogP contribution in [0.5, 0.6) is 0 Å². The highest BCUT2D eigenvalue weighted by Gasteiger charge is 2.12. The van der Waals surface area contributed by atoms with Crippen LogP contribution in [-0.2, 0) is 6.54 Å². The maximum atomic E-state index is 9.04. The van der Waals surface area contributed by atoms with E-state index in [0.29, 0.717) is 19.1 Å². The van der Waals surface area contributed by atoms with Gasteiger partial charge in [0, 0.05) is 24.8 Å². The third-order valence-electron chi connectivity index (χ3n) is 2.49. The summed E-state index contributed by atoms with van der Waals surface area (Å²) in [4.78, 5) is 2.17. The van der Waals surface area contributed by atoms with Crippen molar-refractivity contribution >= 4 is 5.69 Å². The summed E-state index contributed by atoms with van der Waals surface area (Å²) in [5, 5.41) is 9.04. The first-order valence-electron chi connectivity index (χ1n) is 5.36. The first-order valence-corrected chi connectivity index (χ1v) is 5.36. The van der Waals surface area contributed by atoms with Crippen molar-refractivity contribution in [2.45, 2.75) is 26.4 Å². The Morgan fingerprint density at radius 3 is 2.53 bits per heavy atom. The highest BCUT2D eigenvalue weighted by molar-refractivity contribution is 5.54. The van der Waals surface area contributed by atoms with E-state index in [-0.39, 0.29) is 6.61 Å². The van der Waals surface area contributed by atoms with Gasteiger partial charge in [0.05, 0.1) is 6.61 Å². The number of nitrogens with zero attached hydrogens (tertiary/aromatic N) is 1. The van der Waals surface area contributed by atoms with Crippen molar-refractivity contribution in [1.82, 2.24) is 0 Å². The van der Waals surface area contributed by atoms with Gasteiger partial charge < -0.3 is 15.7 Å². The maximum Gasteiger partial charge on any atom is 0.0606 e. The van der Waals surface area contributed by atoms with E-state index < -0.39 is 0 Å². The van der Waals surface area contributed by atoms with E-state index in [1.807, 2.05) is 18.2 Å². The van der Waals surface area contributed by atoms with Crippen LogP contribution >= 0.6 is 0 Å². The van der Waals surface area contributed by atoms with Crippen molar-refractivity contribution in [2.24, 2.45) is 5.73 Å². The molecule has 3 N–H and O–H groups in total. The second-order valence-corrected chi connectivity index (χ2v) is 3.84. The van der Waals surface area contributed by atoms with Crippen LogP contribution < -0.4 is 10.6 Å². The maximum absolute atomic E-state index is 9.04. The quantitative estimate of drug-likeness (QED) is 0.768.